The third kappa shape index (κ3) is 1.57. The molecule has 0 bridgehead atoms. The van der Waals surface area contributed by atoms with Crippen LogP contribution in [0, 0.1) is 11.3 Å². The first-order valence-corrected chi connectivity index (χ1v) is 6.04. The lowest BCUT2D eigenvalue weighted by atomic mass is 9.99. The van der Waals surface area contributed by atoms with E-state index in [2.05, 4.69) is 11.1 Å². The highest BCUT2D eigenvalue weighted by Crippen LogP contribution is 2.38. The van der Waals surface area contributed by atoms with Crippen molar-refractivity contribution in [3.8, 4) is 11.8 Å². The molecule has 1 heterocycles. The maximum absolute atomic E-state index is 9.50. The molecule has 3 rings (SSSR count). The first-order valence-electron chi connectivity index (χ1n) is 6.04. The second-order valence-corrected chi connectivity index (χ2v) is 4.74. The van der Waals surface area contributed by atoms with E-state index in [4.69, 9.17) is 0 Å². The molecular formula is C14H14N2O. The molecule has 0 saturated heterocycles. The fraction of sp³-hybridized carbons (Fsp3) is 0.357. The van der Waals surface area contributed by atoms with Gasteiger partial charge in [0.05, 0.1) is 5.56 Å². The van der Waals surface area contributed by atoms with Crippen LogP contribution in [0.1, 0.15) is 42.9 Å². The molecule has 0 atom stereocenters. The number of hydrogen-bond donors (Lipinski definition) is 2. The number of benzene rings is 1. The lowest BCUT2D eigenvalue weighted by Gasteiger charge is -2.06. The van der Waals surface area contributed by atoms with Gasteiger partial charge in [0.1, 0.15) is 11.8 Å². The Morgan fingerprint density at radius 1 is 1.29 bits per heavy atom. The Hall–Kier alpha value is -1.95. The standard InChI is InChI=1S/C14H14N2O/c15-8-12-11-7-10(17)5-6-13(11)16-14(12)9-3-1-2-4-9/h5-7,9,16-17H,1-4H2. The predicted molar refractivity (Wildman–Crippen MR) is 65.9 cm³/mol. The largest absolute Gasteiger partial charge is 0.508 e. The van der Waals surface area contributed by atoms with Crippen molar-refractivity contribution in [3.63, 3.8) is 0 Å². The van der Waals surface area contributed by atoms with Crippen molar-refractivity contribution < 1.29 is 5.11 Å². The first kappa shape index (κ1) is 10.2. The molecule has 86 valence electrons. The maximum atomic E-state index is 9.50. The van der Waals surface area contributed by atoms with Gasteiger partial charge in [-0.05, 0) is 31.0 Å². The second-order valence-electron chi connectivity index (χ2n) is 4.74. The van der Waals surface area contributed by atoms with Gasteiger partial charge in [-0.15, -0.1) is 0 Å². The lowest BCUT2D eigenvalue weighted by Crippen LogP contribution is -1.94. The number of aromatic amines is 1. The van der Waals surface area contributed by atoms with Crippen molar-refractivity contribution in [2.75, 3.05) is 0 Å². The first-order chi connectivity index (χ1) is 8.29. The molecule has 17 heavy (non-hydrogen) atoms. The van der Waals surface area contributed by atoms with Crippen LogP contribution < -0.4 is 0 Å². The molecule has 1 fully saturated rings. The summed E-state index contributed by atoms with van der Waals surface area (Å²) < 4.78 is 0. The Morgan fingerprint density at radius 2 is 2.06 bits per heavy atom. The normalized spacial score (nSPS) is 16.4. The summed E-state index contributed by atoms with van der Waals surface area (Å²) in [5, 5.41) is 19.6. The van der Waals surface area contributed by atoms with E-state index < -0.39 is 0 Å². The van der Waals surface area contributed by atoms with Crippen LogP contribution in [-0.4, -0.2) is 10.1 Å². The minimum absolute atomic E-state index is 0.214. The van der Waals surface area contributed by atoms with Gasteiger partial charge in [-0.1, -0.05) is 12.8 Å². The Balaban J connectivity index is 2.21. The van der Waals surface area contributed by atoms with Crippen LogP contribution in [-0.2, 0) is 0 Å². The van der Waals surface area contributed by atoms with Crippen molar-refractivity contribution >= 4 is 10.9 Å². The number of phenolic OH excluding ortho intramolecular Hbond substituents is 1. The van der Waals surface area contributed by atoms with Gasteiger partial charge >= 0.3 is 0 Å². The summed E-state index contributed by atoms with van der Waals surface area (Å²) in [6.07, 6.45) is 4.81. The van der Waals surface area contributed by atoms with Gasteiger partial charge in [-0.2, -0.15) is 5.26 Å². The number of rotatable bonds is 1. The summed E-state index contributed by atoms with van der Waals surface area (Å²) in [4.78, 5) is 3.35. The van der Waals surface area contributed by atoms with Crippen molar-refractivity contribution in [2.45, 2.75) is 31.6 Å². The van der Waals surface area contributed by atoms with Crippen LogP contribution in [0.5, 0.6) is 5.75 Å². The van der Waals surface area contributed by atoms with Gasteiger partial charge in [-0.3, -0.25) is 0 Å². The van der Waals surface area contributed by atoms with Crippen LogP contribution in [0.15, 0.2) is 18.2 Å². The number of phenols is 1. The minimum Gasteiger partial charge on any atom is -0.508 e. The third-order valence-corrected chi connectivity index (χ3v) is 3.69. The SMILES string of the molecule is N#Cc1c(C2CCCC2)[nH]c2ccc(O)cc12. The number of nitriles is 1. The molecule has 0 amide bonds. The maximum Gasteiger partial charge on any atom is 0.116 e. The monoisotopic (exact) mass is 226 g/mol. The average Bonchev–Trinajstić information content (AvgIpc) is 2.94. The highest BCUT2D eigenvalue weighted by molar-refractivity contribution is 5.88. The fourth-order valence-electron chi connectivity index (χ4n) is 2.84. The molecule has 0 radical (unpaired) electrons. The molecule has 2 N–H and O–H groups in total. The molecule has 1 aromatic heterocycles. The molecular weight excluding hydrogens is 212 g/mol. The second kappa shape index (κ2) is 3.81. The van der Waals surface area contributed by atoms with E-state index in [1.165, 1.54) is 12.8 Å². The van der Waals surface area contributed by atoms with Gasteiger partial charge in [0.15, 0.2) is 0 Å². The van der Waals surface area contributed by atoms with Crippen molar-refractivity contribution in [3.05, 3.63) is 29.5 Å². The van der Waals surface area contributed by atoms with E-state index in [-0.39, 0.29) is 5.75 Å². The fourth-order valence-corrected chi connectivity index (χ4v) is 2.84. The van der Waals surface area contributed by atoms with Crippen LogP contribution in [0.2, 0.25) is 0 Å². The van der Waals surface area contributed by atoms with Gasteiger partial charge in [0.2, 0.25) is 0 Å². The van der Waals surface area contributed by atoms with Crippen molar-refractivity contribution in [1.29, 1.82) is 5.26 Å². The van der Waals surface area contributed by atoms with Crippen molar-refractivity contribution in [2.24, 2.45) is 0 Å². The molecule has 3 heteroatoms. The van der Waals surface area contributed by atoms with Gasteiger partial charge < -0.3 is 10.1 Å². The molecule has 0 unspecified atom stereocenters. The van der Waals surface area contributed by atoms with E-state index in [0.717, 1.165) is 29.4 Å². The highest BCUT2D eigenvalue weighted by atomic mass is 16.3. The smallest absolute Gasteiger partial charge is 0.116 e. The van der Waals surface area contributed by atoms with Crippen LogP contribution in [0.25, 0.3) is 10.9 Å². The summed E-state index contributed by atoms with van der Waals surface area (Å²) in [6, 6.07) is 7.44. The Morgan fingerprint density at radius 3 is 2.76 bits per heavy atom. The molecule has 1 aliphatic rings. The zero-order valence-corrected chi connectivity index (χ0v) is 9.53. The number of H-pyrrole nitrogens is 1. The lowest BCUT2D eigenvalue weighted by molar-refractivity contribution is 0.476. The number of nitrogens with zero attached hydrogens (tertiary/aromatic N) is 1. The van der Waals surface area contributed by atoms with Crippen LogP contribution in [0.4, 0.5) is 0 Å². The molecule has 0 spiro atoms. The Labute approximate surface area is 99.7 Å². The summed E-state index contributed by atoms with van der Waals surface area (Å²) >= 11 is 0. The number of aromatic hydroxyl groups is 1. The quantitative estimate of drug-likeness (QED) is 0.782. The average molecular weight is 226 g/mol. The zero-order valence-electron chi connectivity index (χ0n) is 9.53. The number of fused-ring (bicyclic) bond motifs is 1. The minimum atomic E-state index is 0.214. The van der Waals surface area contributed by atoms with Crippen LogP contribution >= 0.6 is 0 Å². The van der Waals surface area contributed by atoms with E-state index in [1.54, 1.807) is 12.1 Å². The van der Waals surface area contributed by atoms with E-state index in [0.29, 0.717) is 11.5 Å². The van der Waals surface area contributed by atoms with E-state index in [9.17, 15) is 10.4 Å². The topological polar surface area (TPSA) is 59.8 Å². The molecule has 1 saturated carbocycles. The summed E-state index contributed by atoms with van der Waals surface area (Å²) in [5.74, 6) is 0.699. The predicted octanol–water partition coefficient (Wildman–Crippen LogP) is 3.40. The van der Waals surface area contributed by atoms with E-state index >= 15 is 0 Å². The Kier molecular flexibility index (Phi) is 2.29. The van der Waals surface area contributed by atoms with Gasteiger partial charge in [0.25, 0.3) is 0 Å². The number of nitrogens with one attached hydrogen (secondary N) is 1. The molecule has 1 aromatic carbocycles. The number of hydrogen-bond acceptors (Lipinski definition) is 2. The van der Waals surface area contributed by atoms with E-state index in [1.807, 2.05) is 6.07 Å². The number of aromatic nitrogens is 1. The Bertz CT molecular complexity index is 600. The molecule has 1 aliphatic carbocycles. The van der Waals surface area contributed by atoms with Gasteiger partial charge in [-0.25, -0.2) is 0 Å². The zero-order chi connectivity index (χ0) is 11.8. The van der Waals surface area contributed by atoms with Crippen LogP contribution in [0.3, 0.4) is 0 Å². The summed E-state index contributed by atoms with van der Waals surface area (Å²) in [6.45, 7) is 0. The third-order valence-electron chi connectivity index (χ3n) is 3.69. The summed E-state index contributed by atoms with van der Waals surface area (Å²) in [5.41, 5.74) is 2.72. The molecule has 2 aromatic rings. The highest BCUT2D eigenvalue weighted by Gasteiger charge is 2.23. The molecule has 0 aliphatic heterocycles. The van der Waals surface area contributed by atoms with Gasteiger partial charge in [0, 0.05) is 22.5 Å². The van der Waals surface area contributed by atoms with Crippen molar-refractivity contribution in [1.82, 2.24) is 4.98 Å². The molecule has 3 nitrogen and oxygen atoms in total. The summed E-state index contributed by atoms with van der Waals surface area (Å²) in [7, 11) is 0.